The Kier molecular flexibility index (Phi) is 9.20. The van der Waals surface area contributed by atoms with Gasteiger partial charge >= 0.3 is 7.87 Å². The Morgan fingerprint density at radius 3 is 1.00 bits per heavy atom. The van der Waals surface area contributed by atoms with Crippen LogP contribution in [-0.4, -0.2) is 26.3 Å². The molecule has 2 saturated heterocycles. The molecule has 8 rings (SSSR count). The molecular weight excluding hydrogens is 647 g/mol. The normalized spacial score (nSPS) is 21.8. The summed E-state index contributed by atoms with van der Waals surface area (Å²) in [5.74, 6) is 1.71. The standard InChI is InChI=1S/C44H44N4O2P/c1-49-39-27-23-33(24-28-39)31-41-43(35-15-7-3-8-16-35,36-17-9-4-10-18-36)47-51(45-41)46-42(32-34-25-29-40(50-2)30-26-34)44(48-51,37-19-11-5-12-20-37)38-21-13-6-14-22-38/h3-30,41-42,45-48H,31-32H2,1-2H3/q+1/t41-,42?,51?/m0/s1. The Morgan fingerprint density at radius 1 is 0.431 bits per heavy atom. The molecular formula is C44H44N4O2P+. The highest BCUT2D eigenvalue weighted by Gasteiger charge is 2.70. The van der Waals surface area contributed by atoms with Crippen molar-refractivity contribution in [3.63, 3.8) is 0 Å². The molecule has 2 unspecified atom stereocenters. The van der Waals surface area contributed by atoms with Gasteiger partial charge < -0.3 is 9.47 Å². The Balaban J connectivity index is 1.31. The molecule has 1 spiro atoms. The fraction of sp³-hybridized carbons (Fsp3) is 0.182. The van der Waals surface area contributed by atoms with E-state index in [1.807, 2.05) is 0 Å². The predicted molar refractivity (Wildman–Crippen MR) is 208 cm³/mol. The van der Waals surface area contributed by atoms with Crippen LogP contribution in [0.3, 0.4) is 0 Å². The highest BCUT2D eigenvalue weighted by Crippen LogP contribution is 2.64. The van der Waals surface area contributed by atoms with E-state index in [9.17, 15) is 0 Å². The molecule has 7 heteroatoms. The summed E-state index contributed by atoms with van der Waals surface area (Å²) >= 11 is 0. The van der Waals surface area contributed by atoms with Gasteiger partial charge in [-0.15, -0.1) is 20.3 Å². The van der Waals surface area contributed by atoms with E-state index in [2.05, 4.69) is 190 Å². The summed E-state index contributed by atoms with van der Waals surface area (Å²) in [7, 11) is 0.862. The molecule has 6 aromatic rings. The molecule has 6 nitrogen and oxygen atoms in total. The van der Waals surface area contributed by atoms with Gasteiger partial charge in [0.2, 0.25) is 0 Å². The maximum Gasteiger partial charge on any atom is 0.301 e. The Labute approximate surface area is 301 Å². The third-order valence-electron chi connectivity index (χ3n) is 10.5. The molecule has 0 bridgehead atoms. The second-order valence-electron chi connectivity index (χ2n) is 13.4. The number of hydrogen-bond acceptors (Lipinski definition) is 6. The SMILES string of the molecule is COc1ccc(CC2N[P+]3(N[C@@H](Cc4ccc(OC)cc4)C(c4ccccc4)(c4ccccc4)N3)NC2(c2ccccc2)c2ccccc2)cc1. The molecule has 2 heterocycles. The van der Waals surface area contributed by atoms with E-state index >= 15 is 0 Å². The van der Waals surface area contributed by atoms with E-state index < -0.39 is 18.9 Å². The molecule has 0 aromatic heterocycles. The van der Waals surface area contributed by atoms with Gasteiger partial charge in [0.25, 0.3) is 0 Å². The second kappa shape index (κ2) is 14.1. The lowest BCUT2D eigenvalue weighted by Crippen LogP contribution is -2.49. The van der Waals surface area contributed by atoms with Gasteiger partial charge in [0, 0.05) is 0 Å². The minimum atomic E-state index is -2.57. The zero-order chi connectivity index (χ0) is 34.7. The topological polar surface area (TPSA) is 66.6 Å². The maximum atomic E-state index is 5.53. The van der Waals surface area contributed by atoms with E-state index in [0.717, 1.165) is 24.3 Å². The monoisotopic (exact) mass is 691 g/mol. The Bertz CT molecular complexity index is 1800. The molecule has 3 atom stereocenters. The molecule has 2 fully saturated rings. The first-order valence-electron chi connectivity index (χ1n) is 17.6. The zero-order valence-corrected chi connectivity index (χ0v) is 29.9. The minimum absolute atomic E-state index is 0.0204. The van der Waals surface area contributed by atoms with Crippen LogP contribution in [0.4, 0.5) is 0 Å². The molecule has 0 saturated carbocycles. The largest absolute Gasteiger partial charge is 0.497 e. The van der Waals surface area contributed by atoms with E-state index in [1.54, 1.807) is 14.2 Å². The van der Waals surface area contributed by atoms with Gasteiger partial charge in [0.05, 0.1) is 26.3 Å². The molecule has 2 aliphatic rings. The van der Waals surface area contributed by atoms with Gasteiger partial charge in [-0.3, -0.25) is 0 Å². The zero-order valence-electron chi connectivity index (χ0n) is 29.0. The summed E-state index contributed by atoms with van der Waals surface area (Å²) in [5.41, 5.74) is 6.19. The number of rotatable bonds is 10. The van der Waals surface area contributed by atoms with Gasteiger partial charge in [-0.1, -0.05) is 146 Å². The first kappa shape index (κ1) is 33.3. The lowest BCUT2D eigenvalue weighted by Gasteiger charge is -2.34. The molecule has 2 aliphatic heterocycles. The number of ether oxygens (including phenoxy) is 2. The molecule has 0 radical (unpaired) electrons. The smallest absolute Gasteiger partial charge is 0.301 e. The number of methoxy groups -OCH3 is 2. The van der Waals surface area contributed by atoms with Crippen molar-refractivity contribution in [2.75, 3.05) is 14.2 Å². The second-order valence-corrected chi connectivity index (χ2v) is 15.7. The van der Waals surface area contributed by atoms with E-state index in [4.69, 9.17) is 9.47 Å². The summed E-state index contributed by atoms with van der Waals surface area (Å²) in [5, 5.41) is 17.3. The molecule has 256 valence electrons. The molecule has 4 N–H and O–H groups in total. The average molecular weight is 692 g/mol. The van der Waals surface area contributed by atoms with Crippen LogP contribution < -0.4 is 29.8 Å². The fourth-order valence-corrected chi connectivity index (χ4v) is 11.9. The van der Waals surface area contributed by atoms with Crippen molar-refractivity contribution in [3.8, 4) is 11.5 Å². The van der Waals surface area contributed by atoms with Gasteiger partial charge in [-0.05, 0) is 70.5 Å². The maximum absolute atomic E-state index is 5.53. The van der Waals surface area contributed by atoms with Gasteiger partial charge in [0.15, 0.2) is 0 Å². The van der Waals surface area contributed by atoms with Crippen LogP contribution in [0.15, 0.2) is 170 Å². The fourth-order valence-electron chi connectivity index (χ4n) is 8.13. The lowest BCUT2D eigenvalue weighted by molar-refractivity contribution is 0.398. The third-order valence-corrected chi connectivity index (χ3v) is 13.3. The summed E-state index contributed by atoms with van der Waals surface area (Å²) in [6, 6.07) is 60.6. The van der Waals surface area contributed by atoms with Gasteiger partial charge in [-0.2, -0.15) is 0 Å². The number of hydrogen-bond donors (Lipinski definition) is 4. The summed E-state index contributed by atoms with van der Waals surface area (Å²) in [4.78, 5) is 0. The number of nitrogens with one attached hydrogen (secondary N) is 4. The van der Waals surface area contributed by atoms with Crippen LogP contribution in [0.25, 0.3) is 0 Å². The molecule has 0 amide bonds. The van der Waals surface area contributed by atoms with Crippen LogP contribution in [0.5, 0.6) is 11.5 Å². The van der Waals surface area contributed by atoms with Crippen LogP contribution in [0.2, 0.25) is 0 Å². The van der Waals surface area contributed by atoms with E-state index in [-0.39, 0.29) is 12.1 Å². The van der Waals surface area contributed by atoms with Crippen LogP contribution >= 0.6 is 7.87 Å². The van der Waals surface area contributed by atoms with Crippen LogP contribution in [-0.2, 0) is 23.9 Å². The first-order chi connectivity index (χ1) is 25.1. The third kappa shape index (κ3) is 6.14. The van der Waals surface area contributed by atoms with Crippen LogP contribution in [0, 0.1) is 0 Å². The Morgan fingerprint density at radius 2 is 0.725 bits per heavy atom. The summed E-state index contributed by atoms with van der Waals surface area (Å²) in [6.45, 7) is 0. The van der Waals surface area contributed by atoms with Gasteiger partial charge in [-0.25, -0.2) is 0 Å². The van der Waals surface area contributed by atoms with E-state index in [0.29, 0.717) is 0 Å². The van der Waals surface area contributed by atoms with Crippen molar-refractivity contribution in [1.82, 2.24) is 20.3 Å². The van der Waals surface area contributed by atoms with Crippen molar-refractivity contribution >= 4 is 7.87 Å². The number of benzene rings is 6. The van der Waals surface area contributed by atoms with Crippen LogP contribution in [0.1, 0.15) is 33.4 Å². The highest BCUT2D eigenvalue weighted by atomic mass is 31.2. The van der Waals surface area contributed by atoms with Crippen molar-refractivity contribution in [1.29, 1.82) is 0 Å². The highest BCUT2D eigenvalue weighted by molar-refractivity contribution is 7.69. The minimum Gasteiger partial charge on any atom is -0.497 e. The van der Waals surface area contributed by atoms with Crippen molar-refractivity contribution in [2.24, 2.45) is 0 Å². The first-order valence-corrected chi connectivity index (χ1v) is 19.4. The van der Waals surface area contributed by atoms with E-state index in [1.165, 1.54) is 33.4 Å². The molecule has 51 heavy (non-hydrogen) atoms. The predicted octanol–water partition coefficient (Wildman–Crippen LogP) is 8.18. The quantitative estimate of drug-likeness (QED) is 0.109. The average Bonchev–Trinajstić information content (AvgIpc) is 3.70. The molecule has 6 aromatic carbocycles. The summed E-state index contributed by atoms with van der Waals surface area (Å²) < 4.78 is 11.1. The van der Waals surface area contributed by atoms with Crippen molar-refractivity contribution in [3.05, 3.63) is 203 Å². The lowest BCUT2D eigenvalue weighted by atomic mass is 9.76. The van der Waals surface area contributed by atoms with Gasteiger partial charge in [0.1, 0.15) is 22.6 Å². The Hall–Kier alpha value is -4.81. The van der Waals surface area contributed by atoms with Crippen molar-refractivity contribution in [2.45, 2.75) is 36.0 Å². The molecule has 0 aliphatic carbocycles. The summed E-state index contributed by atoms with van der Waals surface area (Å²) in [6.07, 6.45) is 1.58. The van der Waals surface area contributed by atoms with Crippen molar-refractivity contribution < 1.29 is 9.47 Å².